The predicted molar refractivity (Wildman–Crippen MR) is 63.4 cm³/mol. The zero-order valence-electron chi connectivity index (χ0n) is 9.93. The molecular formula is C13H26O. The minimum Gasteiger partial charge on any atom is -0.502 e. The van der Waals surface area contributed by atoms with Gasteiger partial charge in [-0.1, -0.05) is 45.4 Å². The summed E-state index contributed by atoms with van der Waals surface area (Å²) in [5, 5.41) is 0. The summed E-state index contributed by atoms with van der Waals surface area (Å²) >= 11 is 0. The van der Waals surface area contributed by atoms with Gasteiger partial charge in [-0.05, 0) is 25.8 Å². The molecule has 0 aromatic rings. The standard InChI is InChI=1S/C13H26O/c1-3-5-6-7-8-9-10-11-12-13-14-4-2/h12-13H,3-11H2,1-2H3/b13-12+. The monoisotopic (exact) mass is 198 g/mol. The van der Waals surface area contributed by atoms with Gasteiger partial charge in [-0.3, -0.25) is 0 Å². The normalized spacial score (nSPS) is 11.0. The third kappa shape index (κ3) is 11.5. The van der Waals surface area contributed by atoms with Crippen LogP contribution in [0.2, 0.25) is 0 Å². The van der Waals surface area contributed by atoms with Crippen molar-refractivity contribution >= 4 is 0 Å². The Hall–Kier alpha value is -0.460. The first kappa shape index (κ1) is 13.5. The van der Waals surface area contributed by atoms with Crippen LogP contribution in [-0.4, -0.2) is 6.61 Å². The molecule has 0 aliphatic rings. The summed E-state index contributed by atoms with van der Waals surface area (Å²) in [6, 6.07) is 0. The number of allylic oxidation sites excluding steroid dienone is 1. The van der Waals surface area contributed by atoms with Crippen molar-refractivity contribution in [2.24, 2.45) is 0 Å². The Morgan fingerprint density at radius 1 is 0.857 bits per heavy atom. The Labute approximate surface area is 89.5 Å². The lowest BCUT2D eigenvalue weighted by Gasteiger charge is -1.98. The second kappa shape index (κ2) is 12.5. The summed E-state index contributed by atoms with van der Waals surface area (Å²) in [4.78, 5) is 0. The van der Waals surface area contributed by atoms with Gasteiger partial charge in [0.15, 0.2) is 0 Å². The molecule has 0 aliphatic carbocycles. The molecule has 0 saturated heterocycles. The van der Waals surface area contributed by atoms with Crippen LogP contribution in [0.25, 0.3) is 0 Å². The van der Waals surface area contributed by atoms with Gasteiger partial charge in [0.25, 0.3) is 0 Å². The molecule has 0 spiro atoms. The van der Waals surface area contributed by atoms with Gasteiger partial charge in [0.2, 0.25) is 0 Å². The molecule has 0 aliphatic heterocycles. The quantitative estimate of drug-likeness (QED) is 0.366. The molecule has 1 heteroatoms. The van der Waals surface area contributed by atoms with Crippen molar-refractivity contribution in [2.75, 3.05) is 6.61 Å². The second-order valence-electron chi connectivity index (χ2n) is 3.74. The second-order valence-corrected chi connectivity index (χ2v) is 3.74. The average molecular weight is 198 g/mol. The number of ether oxygens (including phenoxy) is 1. The van der Waals surface area contributed by atoms with E-state index in [4.69, 9.17) is 4.74 Å². The van der Waals surface area contributed by atoms with E-state index in [0.717, 1.165) is 6.61 Å². The van der Waals surface area contributed by atoms with Crippen molar-refractivity contribution < 1.29 is 4.74 Å². The largest absolute Gasteiger partial charge is 0.502 e. The minimum absolute atomic E-state index is 0.785. The molecule has 84 valence electrons. The van der Waals surface area contributed by atoms with Crippen LogP contribution in [0.15, 0.2) is 12.3 Å². The van der Waals surface area contributed by atoms with E-state index >= 15 is 0 Å². The summed E-state index contributed by atoms with van der Waals surface area (Å²) in [6.07, 6.45) is 14.8. The van der Waals surface area contributed by atoms with Crippen LogP contribution in [0.1, 0.15) is 65.2 Å². The lowest BCUT2D eigenvalue weighted by atomic mass is 10.1. The zero-order valence-corrected chi connectivity index (χ0v) is 9.93. The summed E-state index contributed by atoms with van der Waals surface area (Å²) in [5.41, 5.74) is 0. The van der Waals surface area contributed by atoms with E-state index in [-0.39, 0.29) is 0 Å². The third-order valence-corrected chi connectivity index (χ3v) is 2.33. The Kier molecular flexibility index (Phi) is 12.1. The predicted octanol–water partition coefficient (Wildman–Crippen LogP) is 4.68. The molecule has 0 heterocycles. The fourth-order valence-electron chi connectivity index (χ4n) is 1.45. The highest BCUT2D eigenvalue weighted by molar-refractivity contribution is 4.72. The van der Waals surface area contributed by atoms with Crippen LogP contribution < -0.4 is 0 Å². The first-order chi connectivity index (χ1) is 6.91. The molecule has 1 nitrogen and oxygen atoms in total. The SMILES string of the molecule is CCCCCCCCC/C=C/OCC. The van der Waals surface area contributed by atoms with E-state index in [2.05, 4.69) is 13.0 Å². The first-order valence-electron chi connectivity index (χ1n) is 6.18. The summed E-state index contributed by atoms with van der Waals surface area (Å²) in [6.45, 7) is 5.06. The lowest BCUT2D eigenvalue weighted by molar-refractivity contribution is 0.268. The Morgan fingerprint density at radius 2 is 1.50 bits per heavy atom. The maximum atomic E-state index is 5.11. The number of hydrogen-bond acceptors (Lipinski definition) is 1. The van der Waals surface area contributed by atoms with Gasteiger partial charge in [-0.15, -0.1) is 0 Å². The summed E-state index contributed by atoms with van der Waals surface area (Å²) in [7, 11) is 0. The molecule has 0 unspecified atom stereocenters. The van der Waals surface area contributed by atoms with E-state index in [1.807, 2.05) is 13.2 Å². The average Bonchev–Trinajstić information content (AvgIpc) is 2.21. The van der Waals surface area contributed by atoms with Gasteiger partial charge in [-0.25, -0.2) is 0 Å². The number of unbranched alkanes of at least 4 members (excludes halogenated alkanes) is 7. The van der Waals surface area contributed by atoms with E-state index in [1.54, 1.807) is 0 Å². The molecule has 0 radical (unpaired) electrons. The van der Waals surface area contributed by atoms with Gasteiger partial charge in [0.05, 0.1) is 12.9 Å². The topological polar surface area (TPSA) is 9.23 Å². The maximum Gasteiger partial charge on any atom is 0.0845 e. The van der Waals surface area contributed by atoms with Crippen molar-refractivity contribution in [3.05, 3.63) is 12.3 Å². The molecule has 0 rings (SSSR count). The van der Waals surface area contributed by atoms with Crippen molar-refractivity contribution in [3.63, 3.8) is 0 Å². The number of rotatable bonds is 10. The minimum atomic E-state index is 0.785. The molecule has 0 saturated carbocycles. The smallest absolute Gasteiger partial charge is 0.0845 e. The lowest BCUT2D eigenvalue weighted by Crippen LogP contribution is -1.80. The molecule has 0 fully saturated rings. The van der Waals surface area contributed by atoms with Crippen LogP contribution in [-0.2, 0) is 4.74 Å². The van der Waals surface area contributed by atoms with E-state index in [1.165, 1.54) is 51.4 Å². The Bertz CT molecular complexity index is 118. The maximum absolute atomic E-state index is 5.11. The van der Waals surface area contributed by atoms with Crippen LogP contribution in [0, 0.1) is 0 Å². The van der Waals surface area contributed by atoms with Crippen molar-refractivity contribution in [3.8, 4) is 0 Å². The molecule has 0 bridgehead atoms. The Balaban J connectivity index is 2.91. The van der Waals surface area contributed by atoms with Crippen LogP contribution in [0.4, 0.5) is 0 Å². The van der Waals surface area contributed by atoms with Crippen molar-refractivity contribution in [2.45, 2.75) is 65.2 Å². The highest BCUT2D eigenvalue weighted by atomic mass is 16.5. The van der Waals surface area contributed by atoms with Gasteiger partial charge < -0.3 is 4.74 Å². The summed E-state index contributed by atoms with van der Waals surface area (Å²) in [5.74, 6) is 0. The molecule has 14 heavy (non-hydrogen) atoms. The van der Waals surface area contributed by atoms with Crippen molar-refractivity contribution in [1.82, 2.24) is 0 Å². The van der Waals surface area contributed by atoms with Gasteiger partial charge in [0.1, 0.15) is 0 Å². The van der Waals surface area contributed by atoms with Gasteiger partial charge in [-0.2, -0.15) is 0 Å². The first-order valence-corrected chi connectivity index (χ1v) is 6.18. The van der Waals surface area contributed by atoms with E-state index in [9.17, 15) is 0 Å². The summed E-state index contributed by atoms with van der Waals surface area (Å²) < 4.78 is 5.11. The van der Waals surface area contributed by atoms with Crippen LogP contribution in [0.3, 0.4) is 0 Å². The van der Waals surface area contributed by atoms with Gasteiger partial charge in [0, 0.05) is 0 Å². The zero-order chi connectivity index (χ0) is 10.5. The van der Waals surface area contributed by atoms with E-state index < -0.39 is 0 Å². The van der Waals surface area contributed by atoms with E-state index in [0.29, 0.717) is 0 Å². The Morgan fingerprint density at radius 3 is 2.14 bits per heavy atom. The van der Waals surface area contributed by atoms with Gasteiger partial charge >= 0.3 is 0 Å². The fraction of sp³-hybridized carbons (Fsp3) is 0.846. The molecule has 0 amide bonds. The van der Waals surface area contributed by atoms with Crippen LogP contribution >= 0.6 is 0 Å². The molecule has 0 aromatic carbocycles. The highest BCUT2D eigenvalue weighted by Crippen LogP contribution is 2.08. The van der Waals surface area contributed by atoms with Crippen LogP contribution in [0.5, 0.6) is 0 Å². The fourth-order valence-corrected chi connectivity index (χ4v) is 1.45. The number of hydrogen-bond donors (Lipinski definition) is 0. The molecule has 0 N–H and O–H groups in total. The molecule has 0 aromatic heterocycles. The van der Waals surface area contributed by atoms with Crippen molar-refractivity contribution in [1.29, 1.82) is 0 Å². The third-order valence-electron chi connectivity index (χ3n) is 2.33. The molecular weight excluding hydrogens is 172 g/mol. The molecule has 0 atom stereocenters. The highest BCUT2D eigenvalue weighted by Gasteiger charge is 1.88.